The summed E-state index contributed by atoms with van der Waals surface area (Å²) in [7, 11) is 1.65. The monoisotopic (exact) mass is 178 g/mol. The minimum absolute atomic E-state index is 0.644. The maximum Gasteiger partial charge on any atom is 0.119 e. The molecular weight excluding hydrogens is 164 g/mol. The van der Waals surface area contributed by atoms with Crippen molar-refractivity contribution in [3.8, 4) is 5.75 Å². The SMILES string of the molecule is C=C(OCC)c1ccc(OC)cc1. The molecule has 0 fully saturated rings. The van der Waals surface area contributed by atoms with Crippen molar-refractivity contribution in [3.05, 3.63) is 36.4 Å². The fourth-order valence-corrected chi connectivity index (χ4v) is 1.03. The molecule has 70 valence electrons. The van der Waals surface area contributed by atoms with Crippen LogP contribution >= 0.6 is 0 Å². The predicted molar refractivity (Wildman–Crippen MR) is 53.7 cm³/mol. The first kappa shape index (κ1) is 9.65. The van der Waals surface area contributed by atoms with Crippen LogP contribution in [0.3, 0.4) is 0 Å². The molecule has 2 nitrogen and oxygen atoms in total. The maximum absolute atomic E-state index is 5.27. The molecule has 0 aromatic heterocycles. The van der Waals surface area contributed by atoms with Gasteiger partial charge in [-0.3, -0.25) is 0 Å². The summed E-state index contributed by atoms with van der Waals surface area (Å²) >= 11 is 0. The van der Waals surface area contributed by atoms with E-state index in [4.69, 9.17) is 9.47 Å². The molecule has 0 saturated carbocycles. The molecule has 0 bridgehead atoms. The molecule has 13 heavy (non-hydrogen) atoms. The highest BCUT2D eigenvalue weighted by Gasteiger charge is 1.98. The first-order valence-corrected chi connectivity index (χ1v) is 4.24. The minimum atomic E-state index is 0.644. The van der Waals surface area contributed by atoms with Gasteiger partial charge in [0, 0.05) is 5.56 Å². The molecule has 0 amide bonds. The second-order valence-electron chi connectivity index (χ2n) is 2.58. The lowest BCUT2D eigenvalue weighted by Crippen LogP contribution is -1.90. The normalized spacial score (nSPS) is 9.38. The molecule has 2 heteroatoms. The Hall–Kier alpha value is -1.44. The molecule has 0 spiro atoms. The molecule has 1 aromatic carbocycles. The first-order valence-electron chi connectivity index (χ1n) is 4.24. The van der Waals surface area contributed by atoms with Gasteiger partial charge in [-0.25, -0.2) is 0 Å². The van der Waals surface area contributed by atoms with E-state index in [-0.39, 0.29) is 0 Å². The Bertz CT molecular complexity index is 275. The van der Waals surface area contributed by atoms with Crippen molar-refractivity contribution in [3.63, 3.8) is 0 Å². The second-order valence-corrected chi connectivity index (χ2v) is 2.58. The van der Waals surface area contributed by atoms with Gasteiger partial charge in [-0.2, -0.15) is 0 Å². The third-order valence-corrected chi connectivity index (χ3v) is 1.73. The lowest BCUT2D eigenvalue weighted by molar-refractivity contribution is 0.299. The van der Waals surface area contributed by atoms with E-state index < -0.39 is 0 Å². The van der Waals surface area contributed by atoms with E-state index in [1.54, 1.807) is 7.11 Å². The van der Waals surface area contributed by atoms with Gasteiger partial charge in [0.15, 0.2) is 0 Å². The van der Waals surface area contributed by atoms with Crippen LogP contribution in [0.25, 0.3) is 5.76 Å². The quantitative estimate of drug-likeness (QED) is 0.660. The van der Waals surface area contributed by atoms with Gasteiger partial charge >= 0.3 is 0 Å². The van der Waals surface area contributed by atoms with Gasteiger partial charge in [0.1, 0.15) is 11.5 Å². The van der Waals surface area contributed by atoms with Crippen LogP contribution in [0, 0.1) is 0 Å². The van der Waals surface area contributed by atoms with E-state index >= 15 is 0 Å². The topological polar surface area (TPSA) is 18.5 Å². The molecule has 0 aliphatic rings. The molecule has 0 atom stereocenters. The van der Waals surface area contributed by atoms with Gasteiger partial charge in [-0.15, -0.1) is 0 Å². The number of methoxy groups -OCH3 is 1. The van der Waals surface area contributed by atoms with Gasteiger partial charge in [-0.1, -0.05) is 6.58 Å². The summed E-state index contributed by atoms with van der Waals surface area (Å²) in [5.74, 6) is 1.54. The average Bonchev–Trinajstić information content (AvgIpc) is 2.18. The Morgan fingerprint density at radius 3 is 2.38 bits per heavy atom. The number of rotatable bonds is 4. The average molecular weight is 178 g/mol. The van der Waals surface area contributed by atoms with Crippen molar-refractivity contribution in [2.75, 3.05) is 13.7 Å². The summed E-state index contributed by atoms with van der Waals surface area (Å²) in [6, 6.07) is 7.63. The van der Waals surface area contributed by atoms with Crippen LogP contribution in [-0.4, -0.2) is 13.7 Å². The molecule has 0 unspecified atom stereocenters. The van der Waals surface area contributed by atoms with Crippen molar-refractivity contribution in [2.24, 2.45) is 0 Å². The molecule has 1 aromatic rings. The fourth-order valence-electron chi connectivity index (χ4n) is 1.03. The summed E-state index contributed by atoms with van der Waals surface area (Å²) < 4.78 is 10.3. The van der Waals surface area contributed by atoms with Crippen LogP contribution in [0.15, 0.2) is 30.8 Å². The van der Waals surface area contributed by atoms with Crippen LogP contribution in [0.5, 0.6) is 5.75 Å². The Balaban J connectivity index is 2.74. The Morgan fingerprint density at radius 1 is 1.31 bits per heavy atom. The zero-order chi connectivity index (χ0) is 9.68. The van der Waals surface area contributed by atoms with E-state index in [0.717, 1.165) is 11.3 Å². The first-order chi connectivity index (χ1) is 6.27. The van der Waals surface area contributed by atoms with Crippen molar-refractivity contribution >= 4 is 5.76 Å². The Kier molecular flexibility index (Phi) is 3.38. The van der Waals surface area contributed by atoms with Crippen molar-refractivity contribution in [1.82, 2.24) is 0 Å². The summed E-state index contributed by atoms with van der Waals surface area (Å²) in [6.07, 6.45) is 0. The highest BCUT2D eigenvalue weighted by Crippen LogP contribution is 2.17. The lowest BCUT2D eigenvalue weighted by atomic mass is 10.2. The Labute approximate surface area is 78.8 Å². The van der Waals surface area contributed by atoms with E-state index in [0.29, 0.717) is 12.4 Å². The minimum Gasteiger partial charge on any atom is -0.497 e. The summed E-state index contributed by atoms with van der Waals surface area (Å²) in [5, 5.41) is 0. The number of hydrogen-bond acceptors (Lipinski definition) is 2. The Morgan fingerprint density at radius 2 is 1.92 bits per heavy atom. The molecule has 0 aliphatic heterocycles. The molecular formula is C11H14O2. The molecule has 0 radical (unpaired) electrons. The third kappa shape index (κ3) is 2.51. The number of ether oxygens (including phenoxy) is 2. The highest BCUT2D eigenvalue weighted by atomic mass is 16.5. The molecule has 1 rings (SSSR count). The van der Waals surface area contributed by atoms with Crippen molar-refractivity contribution in [2.45, 2.75) is 6.92 Å². The summed E-state index contributed by atoms with van der Waals surface area (Å²) in [6.45, 7) is 6.39. The van der Waals surface area contributed by atoms with E-state index in [2.05, 4.69) is 6.58 Å². The smallest absolute Gasteiger partial charge is 0.119 e. The van der Waals surface area contributed by atoms with Crippen LogP contribution < -0.4 is 4.74 Å². The predicted octanol–water partition coefficient (Wildman–Crippen LogP) is 2.70. The van der Waals surface area contributed by atoms with Gasteiger partial charge in [0.2, 0.25) is 0 Å². The van der Waals surface area contributed by atoms with Crippen molar-refractivity contribution in [1.29, 1.82) is 0 Å². The third-order valence-electron chi connectivity index (χ3n) is 1.73. The number of benzene rings is 1. The van der Waals surface area contributed by atoms with E-state index in [1.165, 1.54) is 0 Å². The van der Waals surface area contributed by atoms with Gasteiger partial charge in [0.25, 0.3) is 0 Å². The zero-order valence-electron chi connectivity index (χ0n) is 8.04. The summed E-state index contributed by atoms with van der Waals surface area (Å²) in [5.41, 5.74) is 0.989. The lowest BCUT2D eigenvalue weighted by Gasteiger charge is -2.07. The second kappa shape index (κ2) is 4.55. The zero-order valence-corrected chi connectivity index (χ0v) is 8.04. The van der Waals surface area contributed by atoms with Crippen LogP contribution in [0.4, 0.5) is 0 Å². The van der Waals surface area contributed by atoms with E-state index in [9.17, 15) is 0 Å². The molecule has 0 saturated heterocycles. The van der Waals surface area contributed by atoms with Gasteiger partial charge in [0.05, 0.1) is 13.7 Å². The number of hydrogen-bond donors (Lipinski definition) is 0. The van der Waals surface area contributed by atoms with Crippen LogP contribution in [0.1, 0.15) is 12.5 Å². The van der Waals surface area contributed by atoms with Crippen LogP contribution in [-0.2, 0) is 4.74 Å². The summed E-state index contributed by atoms with van der Waals surface area (Å²) in [4.78, 5) is 0. The van der Waals surface area contributed by atoms with Crippen molar-refractivity contribution < 1.29 is 9.47 Å². The highest BCUT2D eigenvalue weighted by molar-refractivity contribution is 5.58. The van der Waals surface area contributed by atoms with Crippen LogP contribution in [0.2, 0.25) is 0 Å². The molecule has 0 heterocycles. The molecule has 0 N–H and O–H groups in total. The van der Waals surface area contributed by atoms with E-state index in [1.807, 2.05) is 31.2 Å². The molecule has 0 aliphatic carbocycles. The van der Waals surface area contributed by atoms with Gasteiger partial charge < -0.3 is 9.47 Å². The standard InChI is InChI=1S/C11H14O2/c1-4-13-9(2)10-5-7-11(12-3)8-6-10/h5-8H,2,4H2,1,3H3. The fraction of sp³-hybridized carbons (Fsp3) is 0.273. The van der Waals surface area contributed by atoms with Gasteiger partial charge in [-0.05, 0) is 31.2 Å². The maximum atomic E-state index is 5.27. The largest absolute Gasteiger partial charge is 0.497 e.